The zero-order valence-corrected chi connectivity index (χ0v) is 10.3. The van der Waals surface area contributed by atoms with Crippen LogP contribution in [0.2, 0.25) is 0 Å². The van der Waals surface area contributed by atoms with Crippen LogP contribution in [0.5, 0.6) is 0 Å². The molecule has 0 saturated carbocycles. The van der Waals surface area contributed by atoms with Gasteiger partial charge in [0.1, 0.15) is 0 Å². The Kier molecular flexibility index (Phi) is 4.26. The molecule has 0 amide bonds. The maximum absolute atomic E-state index is 9.31. The molecule has 1 aliphatic heterocycles. The van der Waals surface area contributed by atoms with E-state index in [0.717, 1.165) is 37.4 Å². The zero-order valence-electron chi connectivity index (χ0n) is 10.3. The lowest BCUT2D eigenvalue weighted by molar-refractivity contribution is 0.425. The van der Waals surface area contributed by atoms with Gasteiger partial charge in [-0.1, -0.05) is 6.07 Å². The molecule has 0 aromatic heterocycles. The summed E-state index contributed by atoms with van der Waals surface area (Å²) in [5.41, 5.74) is 2.44. The maximum atomic E-state index is 9.31. The smallest absolute Gasteiger partial charge is 0.423 e. The van der Waals surface area contributed by atoms with E-state index in [1.807, 2.05) is 12.1 Å². The summed E-state index contributed by atoms with van der Waals surface area (Å²) in [6.45, 7) is 3.72. The summed E-state index contributed by atoms with van der Waals surface area (Å²) in [4.78, 5) is 2.22. The van der Waals surface area contributed by atoms with Gasteiger partial charge in [-0.15, -0.1) is 12.3 Å². The average Bonchev–Trinajstić information content (AvgIpc) is 2.40. The van der Waals surface area contributed by atoms with Crippen LogP contribution in [0.4, 0.5) is 5.69 Å². The lowest BCUT2D eigenvalue weighted by Gasteiger charge is -2.30. The number of terminal acetylenes is 1. The minimum absolute atomic E-state index is 0.497. The van der Waals surface area contributed by atoms with Crippen LogP contribution in [0.1, 0.15) is 5.56 Å². The fourth-order valence-corrected chi connectivity index (χ4v) is 2.17. The van der Waals surface area contributed by atoms with E-state index in [-0.39, 0.29) is 0 Å². The van der Waals surface area contributed by atoms with Gasteiger partial charge in [-0.05, 0) is 23.2 Å². The van der Waals surface area contributed by atoms with Crippen LogP contribution < -0.4 is 15.7 Å². The van der Waals surface area contributed by atoms with Gasteiger partial charge in [0.2, 0.25) is 0 Å². The Labute approximate surface area is 108 Å². The Balaban J connectivity index is 2.30. The fourth-order valence-electron chi connectivity index (χ4n) is 2.17. The zero-order chi connectivity index (χ0) is 13.0. The second-order valence-corrected chi connectivity index (χ2v) is 4.42. The molecule has 0 aliphatic carbocycles. The quantitative estimate of drug-likeness (QED) is 0.469. The van der Waals surface area contributed by atoms with Gasteiger partial charge in [0.05, 0.1) is 0 Å². The summed E-state index contributed by atoms with van der Waals surface area (Å²) in [6, 6.07) is 5.59. The lowest BCUT2D eigenvalue weighted by atomic mass is 9.79. The van der Waals surface area contributed by atoms with Crippen molar-refractivity contribution in [3.63, 3.8) is 0 Å². The lowest BCUT2D eigenvalue weighted by Crippen LogP contribution is -2.44. The third-order valence-corrected chi connectivity index (χ3v) is 3.09. The van der Waals surface area contributed by atoms with Crippen LogP contribution in [0.3, 0.4) is 0 Å². The maximum Gasteiger partial charge on any atom is 0.488 e. The number of piperazine rings is 1. The highest BCUT2D eigenvalue weighted by Crippen LogP contribution is 2.16. The van der Waals surface area contributed by atoms with E-state index in [4.69, 9.17) is 6.42 Å². The first-order chi connectivity index (χ1) is 8.70. The molecule has 1 aromatic rings. The molecule has 2 rings (SSSR count). The summed E-state index contributed by atoms with van der Waals surface area (Å²) in [5, 5.41) is 21.9. The van der Waals surface area contributed by atoms with Gasteiger partial charge in [-0.2, -0.15) is 0 Å². The third-order valence-electron chi connectivity index (χ3n) is 3.09. The molecule has 1 fully saturated rings. The average molecular weight is 244 g/mol. The summed E-state index contributed by atoms with van der Waals surface area (Å²) in [6.07, 6.45) is 5.82. The van der Waals surface area contributed by atoms with Gasteiger partial charge in [0.15, 0.2) is 0 Å². The van der Waals surface area contributed by atoms with Crippen molar-refractivity contribution in [3.05, 3.63) is 23.8 Å². The van der Waals surface area contributed by atoms with Crippen LogP contribution in [0.25, 0.3) is 0 Å². The van der Waals surface area contributed by atoms with Crippen molar-refractivity contribution in [2.75, 3.05) is 31.1 Å². The Hall–Kier alpha value is -1.48. The molecule has 0 unspecified atom stereocenters. The van der Waals surface area contributed by atoms with Crippen molar-refractivity contribution in [1.29, 1.82) is 0 Å². The van der Waals surface area contributed by atoms with Crippen molar-refractivity contribution >= 4 is 18.3 Å². The summed E-state index contributed by atoms with van der Waals surface area (Å²) in [5.74, 6) is 2.59. The molecule has 94 valence electrons. The number of nitrogens with one attached hydrogen (secondary N) is 1. The van der Waals surface area contributed by atoms with Gasteiger partial charge in [-0.25, -0.2) is 0 Å². The van der Waals surface area contributed by atoms with Gasteiger partial charge >= 0.3 is 7.12 Å². The molecule has 1 saturated heterocycles. The molecule has 1 aromatic carbocycles. The topological polar surface area (TPSA) is 55.7 Å². The number of hydrogen-bond donors (Lipinski definition) is 3. The highest BCUT2D eigenvalue weighted by Gasteiger charge is 2.16. The minimum atomic E-state index is -1.45. The van der Waals surface area contributed by atoms with E-state index in [9.17, 15) is 10.0 Å². The normalized spacial score (nSPS) is 15.3. The second-order valence-electron chi connectivity index (χ2n) is 4.42. The van der Waals surface area contributed by atoms with Gasteiger partial charge in [0, 0.05) is 38.3 Å². The predicted octanol–water partition coefficient (Wildman–Crippen LogP) is -1.05. The van der Waals surface area contributed by atoms with E-state index in [0.29, 0.717) is 11.9 Å². The SMILES string of the molecule is C#CCc1cc(B(O)O)cc(N2CCNCC2)c1. The van der Waals surface area contributed by atoms with Crippen LogP contribution in [0, 0.1) is 12.3 Å². The molecule has 0 radical (unpaired) electrons. The number of rotatable bonds is 3. The molecule has 5 heteroatoms. The summed E-state index contributed by atoms with van der Waals surface area (Å²) >= 11 is 0. The van der Waals surface area contributed by atoms with Gasteiger partial charge in [-0.3, -0.25) is 0 Å². The Morgan fingerprint density at radius 1 is 1.28 bits per heavy atom. The monoisotopic (exact) mass is 244 g/mol. The minimum Gasteiger partial charge on any atom is -0.423 e. The Morgan fingerprint density at radius 3 is 2.61 bits per heavy atom. The van der Waals surface area contributed by atoms with E-state index in [1.54, 1.807) is 6.07 Å². The van der Waals surface area contributed by atoms with E-state index < -0.39 is 7.12 Å². The Bertz CT molecular complexity index is 451. The van der Waals surface area contributed by atoms with Crippen LogP contribution in [-0.4, -0.2) is 43.3 Å². The van der Waals surface area contributed by atoms with Crippen molar-refractivity contribution in [2.45, 2.75) is 6.42 Å². The van der Waals surface area contributed by atoms with Gasteiger partial charge in [0.25, 0.3) is 0 Å². The number of nitrogens with zero attached hydrogens (tertiary/aromatic N) is 1. The first kappa shape index (κ1) is 13.0. The largest absolute Gasteiger partial charge is 0.488 e. The van der Waals surface area contributed by atoms with E-state index in [2.05, 4.69) is 16.1 Å². The fraction of sp³-hybridized carbons (Fsp3) is 0.385. The third kappa shape index (κ3) is 3.05. The standard InChI is InChI=1S/C13H17BN2O2/c1-2-3-11-8-12(14(17)18)10-13(9-11)16-6-4-15-5-7-16/h1,8-10,15,17-18H,3-7H2. The van der Waals surface area contributed by atoms with Crippen molar-refractivity contribution in [1.82, 2.24) is 5.32 Å². The van der Waals surface area contributed by atoms with Crippen LogP contribution in [-0.2, 0) is 6.42 Å². The van der Waals surface area contributed by atoms with Crippen molar-refractivity contribution in [2.24, 2.45) is 0 Å². The number of hydrogen-bond acceptors (Lipinski definition) is 4. The molecule has 0 spiro atoms. The molecule has 18 heavy (non-hydrogen) atoms. The molecular weight excluding hydrogens is 227 g/mol. The predicted molar refractivity (Wildman–Crippen MR) is 73.9 cm³/mol. The van der Waals surface area contributed by atoms with E-state index in [1.165, 1.54) is 0 Å². The van der Waals surface area contributed by atoms with Crippen LogP contribution in [0.15, 0.2) is 18.2 Å². The molecule has 0 atom stereocenters. The van der Waals surface area contributed by atoms with Crippen LogP contribution >= 0.6 is 0 Å². The highest BCUT2D eigenvalue weighted by molar-refractivity contribution is 6.58. The molecule has 1 aliphatic rings. The summed E-state index contributed by atoms with van der Waals surface area (Å²) < 4.78 is 0. The van der Waals surface area contributed by atoms with Gasteiger partial charge < -0.3 is 20.3 Å². The highest BCUT2D eigenvalue weighted by atomic mass is 16.4. The van der Waals surface area contributed by atoms with Crippen molar-refractivity contribution in [3.8, 4) is 12.3 Å². The molecule has 0 bridgehead atoms. The van der Waals surface area contributed by atoms with Crippen molar-refractivity contribution < 1.29 is 10.0 Å². The number of benzene rings is 1. The van der Waals surface area contributed by atoms with E-state index >= 15 is 0 Å². The molecule has 1 heterocycles. The number of anilines is 1. The molecule has 3 N–H and O–H groups in total. The second kappa shape index (κ2) is 5.92. The Morgan fingerprint density at radius 2 is 2.00 bits per heavy atom. The molecular formula is C13H17BN2O2. The first-order valence-electron chi connectivity index (χ1n) is 6.10. The molecule has 4 nitrogen and oxygen atoms in total. The first-order valence-corrected chi connectivity index (χ1v) is 6.10. The summed E-state index contributed by atoms with van der Waals surface area (Å²) in [7, 11) is -1.45.